The van der Waals surface area contributed by atoms with E-state index in [0.717, 1.165) is 0 Å². The molecule has 1 aromatic heterocycles. The number of hydrogen-bond donors (Lipinski definition) is 1. The van der Waals surface area contributed by atoms with Gasteiger partial charge in [-0.25, -0.2) is 5.10 Å². The predicted molar refractivity (Wildman–Crippen MR) is 70.5 cm³/mol. The number of H-pyrrole nitrogens is 1. The van der Waals surface area contributed by atoms with Gasteiger partial charge in [-0.05, 0) is 37.9 Å². The van der Waals surface area contributed by atoms with Gasteiger partial charge in [-0.3, -0.25) is 0 Å². The summed E-state index contributed by atoms with van der Waals surface area (Å²) in [6, 6.07) is 0. The molecule has 0 aliphatic rings. The monoisotopic (exact) mass is 300 g/mol. The minimum Gasteiger partial charge on any atom is -0.413 e. The summed E-state index contributed by atoms with van der Waals surface area (Å²) in [5, 5.41) is 6.43. The second-order valence-electron chi connectivity index (χ2n) is 2.56. The molecule has 0 radical (unpaired) electrons. The maximum Gasteiger partial charge on any atom is 0.284 e. The van der Waals surface area contributed by atoms with Crippen LogP contribution < -0.4 is 0 Å². The maximum atomic E-state index is 5.46. The van der Waals surface area contributed by atoms with Gasteiger partial charge in [-0.2, -0.15) is 0 Å². The molecule has 0 saturated carbocycles. The van der Waals surface area contributed by atoms with Gasteiger partial charge in [0.2, 0.25) is 11.6 Å². The third kappa shape index (κ3) is 4.65. The highest BCUT2D eigenvalue weighted by Crippen LogP contribution is 2.61. The number of nitrogens with one attached hydrogen (secondary N) is 1. The molecule has 0 unspecified atom stereocenters. The highest BCUT2D eigenvalue weighted by atomic mass is 32.9. The maximum absolute atomic E-state index is 5.46. The highest BCUT2D eigenvalue weighted by molar-refractivity contribution is 8.67. The smallest absolute Gasteiger partial charge is 0.284 e. The fourth-order valence-corrected chi connectivity index (χ4v) is 5.27. The average Bonchev–Trinajstić information content (AvgIpc) is 2.62. The van der Waals surface area contributed by atoms with Crippen molar-refractivity contribution in [3.63, 3.8) is 0 Å². The summed E-state index contributed by atoms with van der Waals surface area (Å²) >= 11 is 11.5. The van der Waals surface area contributed by atoms with Gasteiger partial charge in [-0.1, -0.05) is 11.4 Å². The summed E-state index contributed by atoms with van der Waals surface area (Å²) in [6.45, 7) is 4.85. The zero-order valence-corrected chi connectivity index (χ0v) is 12.3. The molecule has 0 spiro atoms. The highest BCUT2D eigenvalue weighted by Gasteiger charge is 2.20. The van der Waals surface area contributed by atoms with Gasteiger partial charge in [-0.15, -0.1) is 5.10 Å². The van der Waals surface area contributed by atoms with E-state index in [1.807, 2.05) is 13.8 Å². The first-order valence-corrected chi connectivity index (χ1v) is 9.31. The summed E-state index contributed by atoms with van der Waals surface area (Å²) in [5.41, 5.74) is -2.27. The average molecular weight is 300 g/mol. The van der Waals surface area contributed by atoms with E-state index in [1.54, 1.807) is 0 Å². The number of aromatic amines is 1. The molecule has 0 amide bonds. The number of hydrogen-bond acceptors (Lipinski definition) is 7. The zero-order chi connectivity index (χ0) is 12.0. The van der Waals surface area contributed by atoms with Crippen molar-refractivity contribution < 1.29 is 13.5 Å². The van der Waals surface area contributed by atoms with Crippen LogP contribution in [0.15, 0.2) is 4.42 Å². The molecule has 1 aromatic rings. The van der Waals surface area contributed by atoms with Gasteiger partial charge >= 0.3 is 0 Å². The fraction of sp³-hybridized carbons (Fsp3) is 0.714. The molecule has 0 saturated heterocycles. The van der Waals surface area contributed by atoms with Crippen LogP contribution in [0, 0.1) is 4.84 Å². The van der Waals surface area contributed by atoms with Crippen molar-refractivity contribution >= 4 is 41.1 Å². The van der Waals surface area contributed by atoms with E-state index >= 15 is 0 Å². The van der Waals surface area contributed by atoms with E-state index in [9.17, 15) is 0 Å². The standard InChI is InChI=1S/C7H13N2O3PS3/c1-3-10-13(15,11-4-2)16-5-6-8-9-7(14)12-6/h3-5H2,1-2H3,(H,9,14). The molecule has 92 valence electrons. The van der Waals surface area contributed by atoms with Crippen LogP contribution in [0.4, 0.5) is 0 Å². The van der Waals surface area contributed by atoms with Crippen LogP contribution in [-0.4, -0.2) is 23.4 Å². The quantitative estimate of drug-likeness (QED) is 0.612. The van der Waals surface area contributed by atoms with E-state index in [-0.39, 0.29) is 4.84 Å². The van der Waals surface area contributed by atoms with Crippen LogP contribution >= 0.6 is 29.3 Å². The molecule has 0 atom stereocenters. The summed E-state index contributed by atoms with van der Waals surface area (Å²) in [5.74, 6) is 0.994. The van der Waals surface area contributed by atoms with Gasteiger partial charge in [0, 0.05) is 0 Å². The van der Waals surface area contributed by atoms with Crippen molar-refractivity contribution in [3.8, 4) is 0 Å². The molecule has 1 heterocycles. The van der Waals surface area contributed by atoms with Crippen LogP contribution in [0.3, 0.4) is 0 Å². The van der Waals surface area contributed by atoms with Crippen LogP contribution in [0.25, 0.3) is 0 Å². The Morgan fingerprint density at radius 2 is 2.06 bits per heavy atom. The van der Waals surface area contributed by atoms with Crippen LogP contribution in [0.2, 0.25) is 0 Å². The van der Waals surface area contributed by atoms with Gasteiger partial charge in [0.15, 0.2) is 0 Å². The molecule has 1 N–H and O–H groups in total. The molecule has 0 aliphatic heterocycles. The molecular weight excluding hydrogens is 287 g/mol. The van der Waals surface area contributed by atoms with Crippen molar-refractivity contribution in [2.75, 3.05) is 13.2 Å². The first kappa shape index (κ1) is 14.3. The zero-order valence-electron chi connectivity index (χ0n) is 8.97. The largest absolute Gasteiger partial charge is 0.413 e. The lowest BCUT2D eigenvalue weighted by Crippen LogP contribution is -1.93. The van der Waals surface area contributed by atoms with Gasteiger partial charge < -0.3 is 13.5 Å². The molecule has 5 nitrogen and oxygen atoms in total. The van der Waals surface area contributed by atoms with Crippen molar-refractivity contribution in [2.24, 2.45) is 0 Å². The Bertz CT molecular complexity index is 409. The Morgan fingerprint density at radius 3 is 2.50 bits per heavy atom. The summed E-state index contributed by atoms with van der Waals surface area (Å²) in [4.78, 5) is 0.261. The Kier molecular flexibility index (Phi) is 6.17. The van der Waals surface area contributed by atoms with E-state index in [4.69, 9.17) is 37.5 Å². The van der Waals surface area contributed by atoms with E-state index in [1.165, 1.54) is 11.4 Å². The minimum atomic E-state index is -2.27. The summed E-state index contributed by atoms with van der Waals surface area (Å²) < 4.78 is 16.0. The van der Waals surface area contributed by atoms with E-state index < -0.39 is 5.69 Å². The lowest BCUT2D eigenvalue weighted by molar-refractivity contribution is 0.280. The molecule has 0 fully saturated rings. The minimum absolute atomic E-state index is 0.261. The Hall–Kier alpha value is 0.280. The SMILES string of the molecule is CCOP(=S)(OCC)SCc1n[nH]c(=S)o1. The number of rotatable bonds is 7. The van der Waals surface area contributed by atoms with Crippen molar-refractivity contribution in [2.45, 2.75) is 19.6 Å². The van der Waals surface area contributed by atoms with Crippen LogP contribution in [0.5, 0.6) is 0 Å². The predicted octanol–water partition coefficient (Wildman–Crippen LogP) is 3.26. The molecule has 16 heavy (non-hydrogen) atoms. The molecule has 9 heteroatoms. The normalized spacial score (nSPS) is 11.9. The second kappa shape index (κ2) is 6.88. The molecule has 0 aliphatic carbocycles. The Labute approximate surface area is 108 Å². The lowest BCUT2D eigenvalue weighted by atomic mass is 10.8. The third-order valence-corrected chi connectivity index (χ3v) is 6.97. The van der Waals surface area contributed by atoms with Crippen molar-refractivity contribution in [1.82, 2.24) is 10.2 Å². The first-order chi connectivity index (χ1) is 7.59. The number of aromatic nitrogens is 2. The van der Waals surface area contributed by atoms with Crippen molar-refractivity contribution in [3.05, 3.63) is 10.7 Å². The van der Waals surface area contributed by atoms with E-state index in [2.05, 4.69) is 10.2 Å². The number of nitrogens with zero attached hydrogens (tertiary/aromatic N) is 1. The molecule has 0 bridgehead atoms. The fourth-order valence-electron chi connectivity index (χ4n) is 0.885. The summed E-state index contributed by atoms with van der Waals surface area (Å²) in [7, 11) is 0. The van der Waals surface area contributed by atoms with Gasteiger partial charge in [0.1, 0.15) is 0 Å². The van der Waals surface area contributed by atoms with Gasteiger partial charge in [0.25, 0.3) is 4.84 Å². The molecule has 0 aromatic carbocycles. The lowest BCUT2D eigenvalue weighted by Gasteiger charge is -2.18. The van der Waals surface area contributed by atoms with E-state index in [0.29, 0.717) is 24.9 Å². The molecular formula is C7H13N2O3PS3. The third-order valence-electron chi connectivity index (χ3n) is 1.40. The van der Waals surface area contributed by atoms with Crippen LogP contribution in [-0.2, 0) is 26.6 Å². The Morgan fingerprint density at radius 1 is 1.44 bits per heavy atom. The van der Waals surface area contributed by atoms with Crippen LogP contribution in [0.1, 0.15) is 19.7 Å². The topological polar surface area (TPSA) is 60.3 Å². The van der Waals surface area contributed by atoms with Crippen molar-refractivity contribution in [1.29, 1.82) is 0 Å². The second-order valence-corrected chi connectivity index (χ2v) is 9.24. The molecule has 1 rings (SSSR count). The Balaban J connectivity index is 2.56. The summed E-state index contributed by atoms with van der Waals surface area (Å²) in [6.07, 6.45) is 0. The van der Waals surface area contributed by atoms with Gasteiger partial charge in [0.05, 0.1) is 19.0 Å². The first-order valence-electron chi connectivity index (χ1n) is 4.67.